The fourth-order valence-electron chi connectivity index (χ4n) is 6.54. The number of fused-ring (bicyclic) bond motifs is 1. The molecule has 1 N–H and O–H groups in total. The first-order chi connectivity index (χ1) is 24.7. The average Bonchev–Trinajstić information content (AvgIpc) is 3.71. The number of aromatic nitrogens is 6. The second kappa shape index (κ2) is 14.5. The van der Waals surface area contributed by atoms with Gasteiger partial charge >= 0.3 is 6.18 Å². The second-order valence-corrected chi connectivity index (χ2v) is 13.0. The molecule has 2 amide bonds. The predicted molar refractivity (Wildman–Crippen MR) is 186 cm³/mol. The zero-order chi connectivity index (χ0) is 37.5. The minimum atomic E-state index is -4.61. The van der Waals surface area contributed by atoms with E-state index in [1.165, 1.54) is 7.11 Å². The van der Waals surface area contributed by atoms with Crippen LogP contribution in [0.4, 0.5) is 18.9 Å². The fourth-order valence-corrected chi connectivity index (χ4v) is 6.77. The van der Waals surface area contributed by atoms with Gasteiger partial charge in [-0.2, -0.15) is 22.7 Å². The van der Waals surface area contributed by atoms with Crippen molar-refractivity contribution in [1.82, 2.24) is 34.0 Å². The Hall–Kier alpha value is -5.09. The Kier molecular flexibility index (Phi) is 10.2. The number of halogens is 4. The number of ether oxygens (including phenoxy) is 2. The van der Waals surface area contributed by atoms with Crippen LogP contribution in [0.1, 0.15) is 71.3 Å². The smallest absolute Gasteiger partial charge is 0.416 e. The van der Waals surface area contributed by atoms with Crippen molar-refractivity contribution in [3.8, 4) is 5.75 Å². The van der Waals surface area contributed by atoms with Crippen LogP contribution in [0.2, 0.25) is 5.02 Å². The number of anilines is 1. The highest BCUT2D eigenvalue weighted by atomic mass is 35.5. The van der Waals surface area contributed by atoms with E-state index in [-0.39, 0.29) is 52.8 Å². The topological polar surface area (TPSA) is 146 Å². The zero-order valence-electron chi connectivity index (χ0n) is 29.1. The van der Waals surface area contributed by atoms with Crippen LogP contribution in [0.25, 0.3) is 17.4 Å². The molecule has 3 aromatic heterocycles. The van der Waals surface area contributed by atoms with Gasteiger partial charge in [0.2, 0.25) is 11.7 Å². The minimum absolute atomic E-state index is 0.0120. The number of hydrogen-bond acceptors (Lipinski definition) is 9. The van der Waals surface area contributed by atoms with Crippen molar-refractivity contribution < 1.29 is 32.2 Å². The summed E-state index contributed by atoms with van der Waals surface area (Å²) < 4.78 is 53.3. The van der Waals surface area contributed by atoms with Crippen molar-refractivity contribution in [2.75, 3.05) is 32.2 Å². The van der Waals surface area contributed by atoms with Gasteiger partial charge in [0.15, 0.2) is 17.3 Å². The number of amides is 2. The van der Waals surface area contributed by atoms with E-state index in [4.69, 9.17) is 21.1 Å². The normalized spacial score (nSPS) is 17.2. The molecule has 0 unspecified atom stereocenters. The molecular formula is C35H36ClF3N8O5. The van der Waals surface area contributed by atoms with Crippen molar-refractivity contribution >= 4 is 46.5 Å². The number of aryl methyl sites for hydroxylation is 2. The molecular weight excluding hydrogens is 705 g/mol. The lowest BCUT2D eigenvalue weighted by atomic mass is 10.1. The van der Waals surface area contributed by atoms with E-state index < -0.39 is 23.2 Å². The van der Waals surface area contributed by atoms with Gasteiger partial charge in [-0.3, -0.25) is 14.4 Å². The third-order valence-electron chi connectivity index (χ3n) is 8.97. The van der Waals surface area contributed by atoms with E-state index >= 15 is 0 Å². The molecule has 0 spiro atoms. The third kappa shape index (κ3) is 7.17. The van der Waals surface area contributed by atoms with Crippen LogP contribution in [0, 0.1) is 13.8 Å². The number of rotatable bonds is 8. The Bertz CT molecular complexity index is 2210. The number of likely N-dealkylation sites (tertiary alicyclic amines) is 1. The van der Waals surface area contributed by atoms with Crippen LogP contribution >= 0.6 is 11.6 Å². The summed E-state index contributed by atoms with van der Waals surface area (Å²) in [5.41, 5.74) is 1.56. The molecule has 0 aliphatic carbocycles. The molecule has 274 valence electrons. The van der Waals surface area contributed by atoms with Crippen LogP contribution in [-0.4, -0.2) is 78.8 Å². The second-order valence-electron chi connectivity index (χ2n) is 12.6. The van der Waals surface area contributed by atoms with Crippen molar-refractivity contribution in [1.29, 1.82) is 0 Å². The van der Waals surface area contributed by atoms with Gasteiger partial charge in [0.25, 0.3) is 11.5 Å². The van der Waals surface area contributed by atoms with Gasteiger partial charge in [0, 0.05) is 18.3 Å². The monoisotopic (exact) mass is 740 g/mol. The predicted octanol–water partition coefficient (Wildman–Crippen LogP) is 5.30. The number of carbonyl (C=O) groups excluding carboxylic acids is 2. The third-order valence-corrected chi connectivity index (χ3v) is 9.29. The summed E-state index contributed by atoms with van der Waals surface area (Å²) in [6, 6.07) is 2.41. The quantitative estimate of drug-likeness (QED) is 0.254. The SMILES string of the molecule is CCc1c(/C=C2\C[C@@H](C)N(C(=O)c3nc(C)nc(C)c3OC)C2)c(=O)n2nc(C3=CCOCC3)nc2n1CC(=O)Nc1ccc(C(F)(F)F)cc1Cl. The lowest BCUT2D eigenvalue weighted by Crippen LogP contribution is -2.35. The van der Waals surface area contributed by atoms with Crippen LogP contribution in [-0.2, 0) is 28.7 Å². The summed E-state index contributed by atoms with van der Waals surface area (Å²) in [6.07, 6.45) is 0.230. The highest BCUT2D eigenvalue weighted by Crippen LogP contribution is 2.34. The van der Waals surface area contributed by atoms with Gasteiger partial charge in [0.1, 0.15) is 12.4 Å². The molecule has 2 aliphatic rings. The Labute approximate surface area is 301 Å². The molecule has 6 rings (SSSR count). The number of alkyl halides is 3. The molecule has 17 heteroatoms. The number of hydrogen-bond donors (Lipinski definition) is 1. The van der Waals surface area contributed by atoms with Crippen LogP contribution in [0.5, 0.6) is 5.75 Å². The van der Waals surface area contributed by atoms with E-state index in [1.807, 2.05) is 19.9 Å². The lowest BCUT2D eigenvalue weighted by molar-refractivity contribution is -0.137. The highest BCUT2D eigenvalue weighted by molar-refractivity contribution is 6.33. The molecule has 52 heavy (non-hydrogen) atoms. The molecule has 4 aromatic rings. The number of nitrogens with zero attached hydrogens (tertiary/aromatic N) is 7. The molecule has 0 saturated carbocycles. The molecule has 5 heterocycles. The number of carbonyl (C=O) groups is 2. The largest absolute Gasteiger partial charge is 0.492 e. The fraction of sp³-hybridized carbons (Fsp3) is 0.400. The molecule has 1 atom stereocenters. The highest BCUT2D eigenvalue weighted by Gasteiger charge is 2.34. The van der Waals surface area contributed by atoms with Gasteiger partial charge in [0.05, 0.1) is 47.9 Å². The summed E-state index contributed by atoms with van der Waals surface area (Å²) in [7, 11) is 1.45. The molecule has 1 saturated heterocycles. The first kappa shape index (κ1) is 36.7. The standard InChI is InChI=1S/C35H36ClF3N8O5/c1-6-27-24(14-21-13-18(2)45(16-21)33(50)29-30(51-5)19(3)40-20(4)41-29)32(49)47-34(43-31(44-47)22-9-11-52-12-10-22)46(27)17-28(48)42-26-8-7-23(15-25(26)36)35(37,38)39/h7-9,14-15,18H,6,10-13,16-17H2,1-5H3,(H,42,48)/b21-14+/t18-/m1/s1. The molecule has 0 bridgehead atoms. The summed E-state index contributed by atoms with van der Waals surface area (Å²) in [5.74, 6) is 0.180. The first-order valence-corrected chi connectivity index (χ1v) is 16.9. The summed E-state index contributed by atoms with van der Waals surface area (Å²) >= 11 is 6.13. The molecule has 2 aliphatic heterocycles. The molecule has 13 nitrogen and oxygen atoms in total. The average molecular weight is 741 g/mol. The van der Waals surface area contributed by atoms with Crippen molar-refractivity contribution in [3.63, 3.8) is 0 Å². The zero-order valence-corrected chi connectivity index (χ0v) is 29.9. The van der Waals surface area contributed by atoms with E-state index in [0.29, 0.717) is 61.3 Å². The van der Waals surface area contributed by atoms with E-state index in [2.05, 4.69) is 25.4 Å². The van der Waals surface area contributed by atoms with Crippen molar-refractivity contribution in [2.45, 2.75) is 65.7 Å². The number of methoxy groups -OCH3 is 1. The molecule has 0 radical (unpaired) electrons. The lowest BCUT2D eigenvalue weighted by Gasteiger charge is -2.22. The summed E-state index contributed by atoms with van der Waals surface area (Å²) in [5, 5.41) is 6.84. The summed E-state index contributed by atoms with van der Waals surface area (Å²) in [4.78, 5) is 56.5. The Balaban J connectivity index is 1.40. The van der Waals surface area contributed by atoms with E-state index in [9.17, 15) is 27.6 Å². The van der Waals surface area contributed by atoms with Crippen LogP contribution in [0.3, 0.4) is 0 Å². The van der Waals surface area contributed by atoms with Gasteiger partial charge in [-0.05, 0) is 75.5 Å². The van der Waals surface area contributed by atoms with Crippen molar-refractivity contribution in [3.05, 3.63) is 85.1 Å². The Morgan fingerprint density at radius 1 is 1.19 bits per heavy atom. The van der Waals surface area contributed by atoms with E-state index in [1.54, 1.807) is 29.4 Å². The maximum absolute atomic E-state index is 14.2. The Morgan fingerprint density at radius 2 is 1.96 bits per heavy atom. The van der Waals surface area contributed by atoms with Gasteiger partial charge in [-0.1, -0.05) is 24.6 Å². The molecule has 1 aromatic carbocycles. The van der Waals surface area contributed by atoms with Crippen molar-refractivity contribution in [2.24, 2.45) is 0 Å². The number of benzene rings is 1. The Morgan fingerprint density at radius 3 is 2.62 bits per heavy atom. The minimum Gasteiger partial charge on any atom is -0.492 e. The van der Waals surface area contributed by atoms with E-state index in [0.717, 1.165) is 33.9 Å². The van der Waals surface area contributed by atoms with Gasteiger partial charge in [-0.15, -0.1) is 5.10 Å². The first-order valence-electron chi connectivity index (χ1n) is 16.6. The van der Waals surface area contributed by atoms with Crippen LogP contribution in [0.15, 0.2) is 34.6 Å². The van der Waals surface area contributed by atoms with Gasteiger partial charge in [-0.25, -0.2) is 9.97 Å². The maximum atomic E-state index is 14.2. The molecule has 1 fully saturated rings. The summed E-state index contributed by atoms with van der Waals surface area (Å²) in [6.45, 7) is 7.80. The van der Waals surface area contributed by atoms with Crippen LogP contribution < -0.4 is 15.6 Å². The van der Waals surface area contributed by atoms with Gasteiger partial charge < -0.3 is 24.3 Å². The number of nitrogens with one attached hydrogen (secondary N) is 1. The maximum Gasteiger partial charge on any atom is 0.416 e.